The maximum absolute atomic E-state index is 11.9. The Bertz CT molecular complexity index is 2660. The smallest absolute Gasteiger partial charge is 0.347 e. The monoisotopic (exact) mass is 1580 g/mol. The summed E-state index contributed by atoms with van der Waals surface area (Å²) in [5.74, 6) is 2.05. The lowest BCUT2D eigenvalue weighted by Gasteiger charge is -2.36. The molecule has 646 valence electrons. The molecule has 0 spiro atoms. The summed E-state index contributed by atoms with van der Waals surface area (Å²) in [6.07, 6.45) is 24.6. The summed E-state index contributed by atoms with van der Waals surface area (Å²) in [4.78, 5) is 112. The number of carboxylic acids is 1. The van der Waals surface area contributed by atoms with Gasteiger partial charge in [-0.25, -0.2) is 4.79 Å². The molecule has 1 saturated heterocycles. The number of ether oxygens (including phenoxy) is 11. The van der Waals surface area contributed by atoms with E-state index in [4.69, 9.17) is 52.5 Å². The molecule has 4 aliphatic carbocycles. The molecule has 4 saturated carbocycles. The molecule has 0 radical (unpaired) electrons. The molecule has 5 aliphatic rings. The number of cyclic esters (lactones) is 1. The number of carbonyl (C=O) groups excluding carboxylic acids is 9. The number of para-hydroxylation sites is 1. The summed E-state index contributed by atoms with van der Waals surface area (Å²) in [6.45, 7) is 48.7. The normalized spacial score (nSPS) is 20.1. The summed E-state index contributed by atoms with van der Waals surface area (Å²) < 4.78 is 56.0. The molecular weight excluding hydrogens is 1420 g/mol. The third-order valence-electron chi connectivity index (χ3n) is 22.1. The topological polar surface area (TPSA) is 292 Å². The molecule has 22 heteroatoms. The highest BCUT2D eigenvalue weighted by Crippen LogP contribution is 2.59. The van der Waals surface area contributed by atoms with Gasteiger partial charge in [0.25, 0.3) is 0 Å². The zero-order valence-corrected chi connectivity index (χ0v) is 74.2. The lowest BCUT2D eigenvalue weighted by molar-refractivity contribution is -0.185. The van der Waals surface area contributed by atoms with Gasteiger partial charge in [0, 0.05) is 13.5 Å². The van der Waals surface area contributed by atoms with Crippen molar-refractivity contribution in [1.29, 1.82) is 0 Å². The average Bonchev–Trinajstić information content (AvgIpc) is 1.60. The zero-order chi connectivity index (χ0) is 85.5. The molecule has 0 amide bonds. The van der Waals surface area contributed by atoms with Gasteiger partial charge in [-0.05, 0) is 199 Å². The van der Waals surface area contributed by atoms with Crippen molar-refractivity contribution in [3.05, 3.63) is 30.3 Å². The zero-order valence-electron chi connectivity index (χ0n) is 74.2. The number of fused-ring (bicyclic) bond motifs is 5. The minimum atomic E-state index is -0.706. The van der Waals surface area contributed by atoms with Crippen LogP contribution in [0.4, 0.5) is 0 Å². The molecule has 1 aliphatic heterocycles. The number of rotatable bonds is 34. The Balaban J connectivity index is -0.00000120. The van der Waals surface area contributed by atoms with Gasteiger partial charge in [-0.3, -0.25) is 43.2 Å². The highest BCUT2D eigenvalue weighted by atomic mass is 16.7. The molecule has 14 unspecified atom stereocenters. The number of methoxy groups -OCH3 is 2. The van der Waals surface area contributed by atoms with E-state index < -0.39 is 35.2 Å². The number of hydrogen-bond acceptors (Lipinski definition) is 21. The predicted octanol–water partition coefficient (Wildman–Crippen LogP) is 20.1. The highest BCUT2D eigenvalue weighted by Gasteiger charge is 2.55. The van der Waals surface area contributed by atoms with Crippen LogP contribution >= 0.6 is 0 Å². The maximum Gasteiger partial charge on any atom is 0.347 e. The number of aliphatic carboxylic acids is 1. The minimum absolute atomic E-state index is 0.00116. The Labute approximate surface area is 671 Å². The van der Waals surface area contributed by atoms with Crippen LogP contribution in [0.2, 0.25) is 0 Å². The Kier molecular flexibility index (Phi) is 61.1. The van der Waals surface area contributed by atoms with Crippen molar-refractivity contribution in [2.24, 2.45) is 75.9 Å². The Morgan fingerprint density at radius 1 is 0.505 bits per heavy atom. The summed E-state index contributed by atoms with van der Waals surface area (Å²) >= 11 is 0. The maximum atomic E-state index is 11.9. The van der Waals surface area contributed by atoms with Gasteiger partial charge in [-0.1, -0.05) is 175 Å². The fourth-order valence-corrected chi connectivity index (χ4v) is 11.3. The first-order valence-electron chi connectivity index (χ1n) is 42.4. The van der Waals surface area contributed by atoms with Crippen molar-refractivity contribution < 1.29 is 105 Å². The first kappa shape index (κ1) is 109. The molecule has 6 rings (SSSR count). The Morgan fingerprint density at radius 2 is 0.973 bits per heavy atom. The van der Waals surface area contributed by atoms with Gasteiger partial charge in [0.1, 0.15) is 24.1 Å². The fraction of sp³-hybridized carbons (Fsp3) is 0.820. The van der Waals surface area contributed by atoms with E-state index in [0.29, 0.717) is 57.5 Å². The molecule has 2 bridgehead atoms. The average molecular weight is 1580 g/mol. The number of benzene rings is 1. The molecule has 22 nitrogen and oxygen atoms in total. The van der Waals surface area contributed by atoms with Gasteiger partial charge < -0.3 is 57.2 Å². The van der Waals surface area contributed by atoms with Crippen molar-refractivity contribution in [3.63, 3.8) is 0 Å². The molecule has 5 fully saturated rings. The molecular formula is C89H158O22. The first-order chi connectivity index (χ1) is 52.3. The van der Waals surface area contributed by atoms with Crippen LogP contribution in [0.25, 0.3) is 0 Å². The van der Waals surface area contributed by atoms with E-state index >= 15 is 0 Å². The number of unbranched alkanes of at least 4 members (excludes halogenated alkanes) is 2. The van der Waals surface area contributed by atoms with Gasteiger partial charge in [0.05, 0.1) is 85.8 Å². The van der Waals surface area contributed by atoms with E-state index in [1.807, 2.05) is 129 Å². The van der Waals surface area contributed by atoms with E-state index in [2.05, 4.69) is 32.4 Å². The van der Waals surface area contributed by atoms with Gasteiger partial charge in [0.2, 0.25) is 6.10 Å². The van der Waals surface area contributed by atoms with Crippen molar-refractivity contribution in [1.82, 2.24) is 0 Å². The number of carboxylic acid groups (broad SMARTS) is 1. The number of carbonyl (C=O) groups is 10. The largest absolute Gasteiger partial charge is 0.481 e. The standard InChI is InChI=1S/C15H24O2.C13H24O2.C12H24O3.C11H14O2.C10H16O4.C9H18O2.C8H16O3.C6H12O2.C5H10O2/c1-3-9(2)15(16)17-14-8-10-7-13(14)12-6-4-5-11(10)12;1-4-11(3)12(14)15-13(5-2)9-7-6-8-10-13;1-6-8-9-14-10(3)15-11(13)12(4,5)7-2;1-3-9(2)11(12)13-10-7-5-4-6-8-10;1-4-10(2,3)9(12)14-7-5-6-13-8(7)11;1-4-6-7-11-9(10)8(3)5-2;1-4-7(2)8(9)11-6-5-10-3;1-4-5(2)6(7)8-3;1-3-4(2)5(6)7/h9-14H,3-8H2,1-2H3;11H,4-10H2,1-3H3;10H,6-9H2,1-5H3;4-9H,3H2,1-2H3;7H,4-6H2,1-3H3;8H,4-7H2,1-3H3;7H,4-6H2,1-3H3;5H,4H2,1-3H3;4H,3H2,1-2H3,(H,6,7). The van der Waals surface area contributed by atoms with Gasteiger partial charge >= 0.3 is 59.7 Å². The molecule has 1 heterocycles. The molecule has 111 heavy (non-hydrogen) atoms. The van der Waals surface area contributed by atoms with Crippen molar-refractivity contribution in [2.75, 3.05) is 47.3 Å². The van der Waals surface area contributed by atoms with Crippen LogP contribution in [0, 0.1) is 75.9 Å². The van der Waals surface area contributed by atoms with E-state index in [1.165, 1.54) is 52.1 Å². The summed E-state index contributed by atoms with van der Waals surface area (Å²) in [5, 5.41) is 8.18. The lowest BCUT2D eigenvalue weighted by Crippen LogP contribution is -2.38. The third-order valence-corrected chi connectivity index (χ3v) is 22.1. The molecule has 1 N–H and O–H groups in total. The van der Waals surface area contributed by atoms with Crippen LogP contribution in [0.3, 0.4) is 0 Å². The SMILES string of the molecule is CCC(C)(C)C(=O)OC1CCOC1=O.CCC(C)C(=O)O.CCC(C)C(=O)OC.CCC(C)C(=O)OC1(CC)CCCCC1.CCC(C)C(=O)OC1CC2CC1C1CCCC21.CCC(C)C(=O)OCCOC.CCC(C)C(=O)Oc1ccccc1.CCCCOC(=O)C(C)CC.CCCCOC(C)OC(=O)C(C)(C)CC. The minimum Gasteiger partial charge on any atom is -0.481 e. The molecule has 1 aromatic rings. The van der Waals surface area contributed by atoms with Crippen LogP contribution in [0.5, 0.6) is 5.75 Å². The van der Waals surface area contributed by atoms with Crippen molar-refractivity contribution in [3.8, 4) is 5.75 Å². The summed E-state index contributed by atoms with van der Waals surface area (Å²) in [6, 6.07) is 9.14. The highest BCUT2D eigenvalue weighted by molar-refractivity contribution is 5.83. The number of hydrogen-bond donors (Lipinski definition) is 1. The first-order valence-corrected chi connectivity index (χ1v) is 42.4. The van der Waals surface area contributed by atoms with Gasteiger partial charge in [0.15, 0.2) is 6.29 Å². The second-order valence-electron chi connectivity index (χ2n) is 31.6. The number of esters is 9. The van der Waals surface area contributed by atoms with Crippen LogP contribution in [-0.4, -0.2) is 136 Å². The second kappa shape index (κ2) is 62.2. The Hall–Kier alpha value is -6.16. The van der Waals surface area contributed by atoms with E-state index in [9.17, 15) is 47.9 Å². The fourth-order valence-electron chi connectivity index (χ4n) is 11.3. The second-order valence-corrected chi connectivity index (χ2v) is 31.6. The third kappa shape index (κ3) is 46.1. The summed E-state index contributed by atoms with van der Waals surface area (Å²) in [5.41, 5.74) is -1.07. The van der Waals surface area contributed by atoms with E-state index in [1.54, 1.807) is 46.9 Å². The van der Waals surface area contributed by atoms with E-state index in [-0.39, 0.29) is 101 Å². The quantitative estimate of drug-likeness (QED) is 0.0220. The molecule has 0 aromatic heterocycles. The van der Waals surface area contributed by atoms with Crippen molar-refractivity contribution >= 4 is 59.7 Å². The summed E-state index contributed by atoms with van der Waals surface area (Å²) in [7, 11) is 2.99. The van der Waals surface area contributed by atoms with Crippen LogP contribution < -0.4 is 4.74 Å². The van der Waals surface area contributed by atoms with Crippen molar-refractivity contribution in [2.45, 2.75) is 351 Å². The van der Waals surface area contributed by atoms with Crippen LogP contribution in [-0.2, 0) is 95.3 Å². The van der Waals surface area contributed by atoms with Gasteiger partial charge in [-0.2, -0.15) is 0 Å². The van der Waals surface area contributed by atoms with Gasteiger partial charge in [-0.15, -0.1) is 0 Å². The lowest BCUT2D eigenvalue weighted by atomic mass is 9.80. The van der Waals surface area contributed by atoms with Crippen LogP contribution in [0.15, 0.2) is 30.3 Å². The molecule has 1 aromatic carbocycles. The van der Waals surface area contributed by atoms with E-state index in [0.717, 1.165) is 120 Å². The molecule has 14 atom stereocenters. The van der Waals surface area contributed by atoms with Crippen LogP contribution in [0.1, 0.15) is 327 Å². The Morgan fingerprint density at radius 3 is 1.41 bits per heavy atom. The predicted molar refractivity (Wildman–Crippen MR) is 436 cm³/mol.